The van der Waals surface area contributed by atoms with Gasteiger partial charge in [0.2, 0.25) is 0 Å². The summed E-state index contributed by atoms with van der Waals surface area (Å²) in [6.45, 7) is 3.32. The molecule has 0 saturated carbocycles. The minimum Gasteiger partial charge on any atom is -0.378 e. The van der Waals surface area contributed by atoms with Crippen LogP contribution in [0.4, 0.5) is 11.4 Å². The first-order chi connectivity index (χ1) is 13.3. The van der Waals surface area contributed by atoms with Crippen molar-refractivity contribution >= 4 is 17.3 Å². The average molecular weight is 358 g/mol. The molecule has 4 heteroatoms. The van der Waals surface area contributed by atoms with Crippen LogP contribution in [0, 0.1) is 0 Å². The van der Waals surface area contributed by atoms with Gasteiger partial charge in [0.1, 0.15) is 0 Å². The van der Waals surface area contributed by atoms with E-state index in [0.717, 1.165) is 48.8 Å². The maximum atomic E-state index is 12.9. The third-order valence-electron chi connectivity index (χ3n) is 4.76. The maximum absolute atomic E-state index is 12.9. The van der Waals surface area contributed by atoms with E-state index >= 15 is 0 Å². The first kappa shape index (κ1) is 17.3. The number of hydrogen-bond acceptors (Lipinski definition) is 3. The number of nitrogens with one attached hydrogen (secondary N) is 1. The molecule has 3 aromatic rings. The van der Waals surface area contributed by atoms with E-state index in [4.69, 9.17) is 4.74 Å². The van der Waals surface area contributed by atoms with Crippen molar-refractivity contribution in [1.29, 1.82) is 0 Å². The Morgan fingerprint density at radius 2 is 1.48 bits per heavy atom. The Labute approximate surface area is 159 Å². The summed E-state index contributed by atoms with van der Waals surface area (Å²) in [5, 5.41) is 3.02. The molecule has 0 bridgehead atoms. The molecular formula is C23H22N2O2. The van der Waals surface area contributed by atoms with E-state index in [9.17, 15) is 4.79 Å². The van der Waals surface area contributed by atoms with Crippen LogP contribution in [-0.4, -0.2) is 32.2 Å². The molecule has 4 rings (SSSR count). The molecule has 3 aromatic carbocycles. The van der Waals surface area contributed by atoms with Crippen LogP contribution in [0.3, 0.4) is 0 Å². The number of nitrogens with zero attached hydrogens (tertiary/aromatic N) is 1. The minimum atomic E-state index is -0.103. The van der Waals surface area contributed by atoms with Gasteiger partial charge in [0, 0.05) is 30.0 Å². The summed E-state index contributed by atoms with van der Waals surface area (Å²) in [6, 6.07) is 25.7. The highest BCUT2D eigenvalue weighted by molar-refractivity contribution is 6.08. The van der Waals surface area contributed by atoms with Gasteiger partial charge in [-0.05, 0) is 41.5 Å². The number of anilines is 2. The highest BCUT2D eigenvalue weighted by atomic mass is 16.5. The van der Waals surface area contributed by atoms with Gasteiger partial charge in [0.25, 0.3) is 5.91 Å². The molecule has 0 aliphatic carbocycles. The highest BCUT2D eigenvalue weighted by Gasteiger charge is 2.14. The summed E-state index contributed by atoms with van der Waals surface area (Å²) < 4.78 is 5.40. The van der Waals surface area contributed by atoms with E-state index in [0.29, 0.717) is 5.56 Å². The molecule has 0 aromatic heterocycles. The highest BCUT2D eigenvalue weighted by Crippen LogP contribution is 2.25. The summed E-state index contributed by atoms with van der Waals surface area (Å²) in [4.78, 5) is 15.1. The van der Waals surface area contributed by atoms with Crippen molar-refractivity contribution in [3.8, 4) is 11.1 Å². The van der Waals surface area contributed by atoms with E-state index in [1.807, 2.05) is 78.9 Å². The van der Waals surface area contributed by atoms with Crippen LogP contribution in [0.25, 0.3) is 11.1 Å². The first-order valence-corrected chi connectivity index (χ1v) is 9.20. The molecule has 27 heavy (non-hydrogen) atoms. The third kappa shape index (κ3) is 4.01. The van der Waals surface area contributed by atoms with Gasteiger partial charge in [-0.1, -0.05) is 48.5 Å². The number of ether oxygens (including phenoxy) is 1. The zero-order valence-electron chi connectivity index (χ0n) is 15.1. The van der Waals surface area contributed by atoms with Crippen LogP contribution in [0.15, 0.2) is 78.9 Å². The summed E-state index contributed by atoms with van der Waals surface area (Å²) >= 11 is 0. The molecule has 0 spiro atoms. The van der Waals surface area contributed by atoms with E-state index in [1.54, 1.807) is 0 Å². The quantitative estimate of drug-likeness (QED) is 0.749. The average Bonchev–Trinajstić information content (AvgIpc) is 2.75. The second kappa shape index (κ2) is 8.06. The van der Waals surface area contributed by atoms with Crippen molar-refractivity contribution in [2.45, 2.75) is 0 Å². The Morgan fingerprint density at radius 3 is 2.22 bits per heavy atom. The van der Waals surface area contributed by atoms with Gasteiger partial charge in [-0.15, -0.1) is 0 Å². The fourth-order valence-electron chi connectivity index (χ4n) is 3.33. The van der Waals surface area contributed by atoms with Crippen LogP contribution < -0.4 is 10.2 Å². The van der Waals surface area contributed by atoms with Gasteiger partial charge in [-0.3, -0.25) is 4.79 Å². The number of rotatable bonds is 4. The normalized spacial score (nSPS) is 14.0. The number of carbonyl (C=O) groups is 1. The number of carbonyl (C=O) groups excluding carboxylic acids is 1. The number of benzene rings is 3. The van der Waals surface area contributed by atoms with E-state index in [-0.39, 0.29) is 5.91 Å². The fourth-order valence-corrected chi connectivity index (χ4v) is 3.33. The molecular weight excluding hydrogens is 336 g/mol. The summed E-state index contributed by atoms with van der Waals surface area (Å²) in [5.41, 5.74) is 4.58. The SMILES string of the molecule is O=C(Nc1ccc(N2CCOCC2)cc1)c1ccccc1-c1ccccc1. The number of morpholine rings is 1. The smallest absolute Gasteiger partial charge is 0.256 e. The lowest BCUT2D eigenvalue weighted by atomic mass is 9.99. The molecule has 1 N–H and O–H groups in total. The van der Waals surface area contributed by atoms with E-state index in [1.165, 1.54) is 0 Å². The van der Waals surface area contributed by atoms with Gasteiger partial charge in [-0.25, -0.2) is 0 Å². The molecule has 0 unspecified atom stereocenters. The van der Waals surface area contributed by atoms with E-state index < -0.39 is 0 Å². The predicted octanol–water partition coefficient (Wildman–Crippen LogP) is 4.44. The molecule has 0 atom stereocenters. The lowest BCUT2D eigenvalue weighted by Gasteiger charge is -2.28. The fraction of sp³-hybridized carbons (Fsp3) is 0.174. The van der Waals surface area contributed by atoms with Gasteiger partial charge in [0.05, 0.1) is 13.2 Å². The second-order valence-electron chi connectivity index (χ2n) is 6.51. The first-order valence-electron chi connectivity index (χ1n) is 9.20. The Balaban J connectivity index is 1.51. The second-order valence-corrected chi connectivity index (χ2v) is 6.51. The molecule has 1 heterocycles. The molecule has 1 aliphatic rings. The molecule has 1 aliphatic heterocycles. The maximum Gasteiger partial charge on any atom is 0.256 e. The Hall–Kier alpha value is -3.11. The van der Waals surface area contributed by atoms with Gasteiger partial charge < -0.3 is 15.0 Å². The molecule has 4 nitrogen and oxygen atoms in total. The lowest BCUT2D eigenvalue weighted by Crippen LogP contribution is -2.36. The van der Waals surface area contributed by atoms with Crippen LogP contribution in [0.5, 0.6) is 0 Å². The molecule has 136 valence electrons. The van der Waals surface area contributed by atoms with Crippen LogP contribution in [0.1, 0.15) is 10.4 Å². The topological polar surface area (TPSA) is 41.6 Å². The van der Waals surface area contributed by atoms with E-state index in [2.05, 4.69) is 10.2 Å². The van der Waals surface area contributed by atoms with Crippen molar-refractivity contribution in [2.75, 3.05) is 36.5 Å². The van der Waals surface area contributed by atoms with Crippen molar-refractivity contribution in [1.82, 2.24) is 0 Å². The Morgan fingerprint density at radius 1 is 0.815 bits per heavy atom. The molecule has 1 saturated heterocycles. The Bertz CT molecular complexity index is 901. The van der Waals surface area contributed by atoms with Gasteiger partial charge in [-0.2, -0.15) is 0 Å². The van der Waals surface area contributed by atoms with Crippen molar-refractivity contribution in [3.05, 3.63) is 84.4 Å². The minimum absolute atomic E-state index is 0.103. The summed E-state index contributed by atoms with van der Waals surface area (Å²) in [6.07, 6.45) is 0. The summed E-state index contributed by atoms with van der Waals surface area (Å²) in [7, 11) is 0. The monoisotopic (exact) mass is 358 g/mol. The van der Waals surface area contributed by atoms with Crippen molar-refractivity contribution in [3.63, 3.8) is 0 Å². The zero-order chi connectivity index (χ0) is 18.5. The molecule has 1 amide bonds. The van der Waals surface area contributed by atoms with Crippen LogP contribution >= 0.6 is 0 Å². The van der Waals surface area contributed by atoms with Gasteiger partial charge in [0.15, 0.2) is 0 Å². The molecule has 0 radical (unpaired) electrons. The zero-order valence-corrected chi connectivity index (χ0v) is 15.1. The predicted molar refractivity (Wildman–Crippen MR) is 109 cm³/mol. The van der Waals surface area contributed by atoms with Crippen molar-refractivity contribution < 1.29 is 9.53 Å². The Kier molecular flexibility index (Phi) is 5.17. The number of hydrogen-bond donors (Lipinski definition) is 1. The summed E-state index contributed by atoms with van der Waals surface area (Å²) in [5.74, 6) is -0.103. The van der Waals surface area contributed by atoms with Crippen LogP contribution in [-0.2, 0) is 4.74 Å². The van der Waals surface area contributed by atoms with Gasteiger partial charge >= 0.3 is 0 Å². The third-order valence-corrected chi connectivity index (χ3v) is 4.76. The standard InChI is InChI=1S/C23H22N2O2/c26-23(22-9-5-4-8-21(22)18-6-2-1-3-7-18)24-19-10-12-20(13-11-19)25-14-16-27-17-15-25/h1-13H,14-17H2,(H,24,26). The lowest BCUT2D eigenvalue weighted by molar-refractivity contribution is 0.102. The molecule has 1 fully saturated rings. The number of amides is 1. The van der Waals surface area contributed by atoms with Crippen LogP contribution in [0.2, 0.25) is 0 Å². The largest absolute Gasteiger partial charge is 0.378 e. The van der Waals surface area contributed by atoms with Crippen molar-refractivity contribution in [2.24, 2.45) is 0 Å².